The minimum atomic E-state index is -2.83. The average molecular weight is 517 g/mol. The summed E-state index contributed by atoms with van der Waals surface area (Å²) in [6.45, 7) is 5.36. The smallest absolute Gasteiger partial charge is 0.191 e. The molecule has 3 saturated heterocycles. The highest BCUT2D eigenvalue weighted by Crippen LogP contribution is 2.37. The second-order valence-corrected chi connectivity index (χ2v) is 11.7. The summed E-state index contributed by atoms with van der Waals surface area (Å²) in [5, 5.41) is 6.95. The second kappa shape index (κ2) is 10.2. The quantitative estimate of drug-likeness (QED) is 0.330. The van der Waals surface area contributed by atoms with Crippen LogP contribution in [0.4, 0.5) is 0 Å². The van der Waals surface area contributed by atoms with E-state index in [1.807, 2.05) is 11.8 Å². The minimum Gasteiger partial charge on any atom is -0.381 e. The van der Waals surface area contributed by atoms with Gasteiger partial charge < -0.3 is 15.4 Å². The van der Waals surface area contributed by atoms with Gasteiger partial charge in [0.05, 0.1) is 18.1 Å². The van der Waals surface area contributed by atoms with Crippen LogP contribution in [-0.4, -0.2) is 68.7 Å². The van der Waals surface area contributed by atoms with Gasteiger partial charge in [0.15, 0.2) is 15.8 Å². The van der Waals surface area contributed by atoms with Crippen molar-refractivity contribution >= 4 is 51.5 Å². The highest BCUT2D eigenvalue weighted by atomic mass is 127. The Morgan fingerprint density at radius 3 is 2.69 bits per heavy atom. The minimum absolute atomic E-state index is 0. The van der Waals surface area contributed by atoms with Gasteiger partial charge in [-0.05, 0) is 50.7 Å². The van der Waals surface area contributed by atoms with Gasteiger partial charge in [0, 0.05) is 30.5 Å². The monoisotopic (exact) mass is 517 g/mol. The van der Waals surface area contributed by atoms with Gasteiger partial charge in [0.25, 0.3) is 0 Å². The maximum Gasteiger partial charge on any atom is 0.191 e. The standard InChI is InChI=1S/C17H31N3O3S2.HI/c1-17(6-2-9-24-17)13-19-16(20-15-3-7-23-8-4-15)18-11-14-5-10-25(21,22)12-14;/h14-15H,2-13H2,1H3,(H2,18,19,20);1H. The molecule has 2 unspecified atom stereocenters. The zero-order valence-corrected chi connectivity index (χ0v) is 19.5. The molecule has 0 aromatic carbocycles. The van der Waals surface area contributed by atoms with Crippen molar-refractivity contribution in [3.63, 3.8) is 0 Å². The number of guanidine groups is 1. The number of rotatable bonds is 5. The Morgan fingerprint density at radius 1 is 1.31 bits per heavy atom. The molecule has 0 saturated carbocycles. The Labute approximate surface area is 179 Å². The average Bonchev–Trinajstić information content (AvgIpc) is 3.17. The number of sulfone groups is 1. The lowest BCUT2D eigenvalue weighted by Gasteiger charge is -2.27. The number of nitrogens with one attached hydrogen (secondary N) is 2. The van der Waals surface area contributed by atoms with E-state index in [0.717, 1.165) is 45.0 Å². The van der Waals surface area contributed by atoms with Crippen molar-refractivity contribution in [2.45, 2.75) is 49.8 Å². The van der Waals surface area contributed by atoms with E-state index >= 15 is 0 Å². The number of halogens is 1. The van der Waals surface area contributed by atoms with E-state index in [4.69, 9.17) is 9.73 Å². The van der Waals surface area contributed by atoms with E-state index < -0.39 is 9.84 Å². The molecule has 6 nitrogen and oxygen atoms in total. The highest BCUT2D eigenvalue weighted by molar-refractivity contribution is 14.0. The van der Waals surface area contributed by atoms with Crippen LogP contribution < -0.4 is 10.6 Å². The molecule has 0 aromatic rings. The van der Waals surface area contributed by atoms with Gasteiger partial charge in [-0.2, -0.15) is 11.8 Å². The number of hydrogen-bond donors (Lipinski definition) is 2. The molecular weight excluding hydrogens is 485 g/mol. The predicted molar refractivity (Wildman–Crippen MR) is 120 cm³/mol. The Balaban J connectivity index is 0.00000243. The number of aliphatic imine (C=N–C) groups is 1. The third-order valence-corrected chi connectivity index (χ3v) is 8.68. The summed E-state index contributed by atoms with van der Waals surface area (Å²) in [6.07, 6.45) is 5.22. The van der Waals surface area contributed by atoms with Gasteiger partial charge >= 0.3 is 0 Å². The first-order valence-corrected chi connectivity index (χ1v) is 12.2. The molecule has 0 amide bonds. The molecule has 0 spiro atoms. The molecule has 9 heteroatoms. The summed E-state index contributed by atoms with van der Waals surface area (Å²) < 4.78 is 29.0. The summed E-state index contributed by atoms with van der Waals surface area (Å²) in [5.74, 6) is 2.89. The zero-order valence-electron chi connectivity index (χ0n) is 15.5. The zero-order chi connectivity index (χ0) is 17.8. The van der Waals surface area contributed by atoms with Crippen molar-refractivity contribution in [2.75, 3.05) is 43.6 Å². The Hall–Kier alpha value is 0.260. The molecule has 0 bridgehead atoms. The molecule has 0 aromatic heterocycles. The predicted octanol–water partition coefficient (Wildman–Crippen LogP) is 2.04. The summed E-state index contributed by atoms with van der Waals surface area (Å²) in [5.41, 5.74) is 0. The van der Waals surface area contributed by atoms with E-state index in [0.29, 0.717) is 24.1 Å². The Bertz CT molecular complexity index is 574. The van der Waals surface area contributed by atoms with Crippen LogP contribution in [0.5, 0.6) is 0 Å². The number of ether oxygens (including phenoxy) is 1. The molecule has 3 aliphatic heterocycles. The van der Waals surface area contributed by atoms with Gasteiger partial charge in [-0.1, -0.05) is 0 Å². The Kier molecular flexibility index (Phi) is 8.81. The van der Waals surface area contributed by atoms with Crippen molar-refractivity contribution in [1.29, 1.82) is 0 Å². The van der Waals surface area contributed by atoms with Crippen LogP contribution in [0.15, 0.2) is 4.99 Å². The molecule has 2 N–H and O–H groups in total. The maximum atomic E-state index is 11.7. The topological polar surface area (TPSA) is 79.8 Å². The SMILES string of the molecule is CC1(CN=C(NCC2CCS(=O)(=O)C2)NC2CCOCC2)CCCS1.I. The van der Waals surface area contributed by atoms with Crippen LogP contribution in [-0.2, 0) is 14.6 Å². The van der Waals surface area contributed by atoms with Crippen LogP contribution in [0.1, 0.15) is 39.0 Å². The first-order chi connectivity index (χ1) is 11.9. The number of thioether (sulfide) groups is 1. The largest absolute Gasteiger partial charge is 0.381 e. The lowest BCUT2D eigenvalue weighted by atomic mass is 10.1. The second-order valence-electron chi connectivity index (χ2n) is 7.75. The van der Waals surface area contributed by atoms with E-state index in [1.54, 1.807) is 0 Å². The van der Waals surface area contributed by atoms with E-state index in [9.17, 15) is 8.42 Å². The molecule has 152 valence electrons. The molecule has 0 aliphatic carbocycles. The van der Waals surface area contributed by atoms with Gasteiger partial charge in [0.1, 0.15) is 0 Å². The fourth-order valence-corrected chi connectivity index (χ4v) is 6.76. The summed E-state index contributed by atoms with van der Waals surface area (Å²) in [6, 6.07) is 0.386. The van der Waals surface area contributed by atoms with Crippen molar-refractivity contribution in [1.82, 2.24) is 10.6 Å². The summed E-state index contributed by atoms with van der Waals surface area (Å²) >= 11 is 2.01. The summed E-state index contributed by atoms with van der Waals surface area (Å²) in [4.78, 5) is 4.85. The van der Waals surface area contributed by atoms with Gasteiger partial charge in [-0.3, -0.25) is 4.99 Å². The molecule has 3 rings (SSSR count). The fourth-order valence-electron chi connectivity index (χ4n) is 3.67. The first kappa shape index (κ1) is 22.5. The van der Waals surface area contributed by atoms with Crippen molar-refractivity contribution in [2.24, 2.45) is 10.9 Å². The van der Waals surface area contributed by atoms with E-state index in [1.165, 1.54) is 18.6 Å². The van der Waals surface area contributed by atoms with Crippen molar-refractivity contribution < 1.29 is 13.2 Å². The lowest BCUT2D eigenvalue weighted by Crippen LogP contribution is -2.47. The molecule has 3 fully saturated rings. The van der Waals surface area contributed by atoms with Gasteiger partial charge in [-0.15, -0.1) is 24.0 Å². The Morgan fingerprint density at radius 2 is 2.08 bits per heavy atom. The highest BCUT2D eigenvalue weighted by Gasteiger charge is 2.30. The van der Waals surface area contributed by atoms with Gasteiger partial charge in [0.2, 0.25) is 0 Å². The van der Waals surface area contributed by atoms with E-state index in [2.05, 4.69) is 17.6 Å². The van der Waals surface area contributed by atoms with E-state index in [-0.39, 0.29) is 34.6 Å². The first-order valence-electron chi connectivity index (χ1n) is 9.41. The van der Waals surface area contributed by atoms with Crippen LogP contribution in [0.3, 0.4) is 0 Å². The number of nitrogens with zero attached hydrogens (tertiary/aromatic N) is 1. The van der Waals surface area contributed by atoms with Crippen LogP contribution in [0.2, 0.25) is 0 Å². The lowest BCUT2D eigenvalue weighted by molar-refractivity contribution is 0.0822. The molecule has 0 radical (unpaired) electrons. The van der Waals surface area contributed by atoms with Crippen LogP contribution in [0.25, 0.3) is 0 Å². The summed E-state index contributed by atoms with van der Waals surface area (Å²) in [7, 11) is -2.83. The van der Waals surface area contributed by atoms with Crippen molar-refractivity contribution in [3.8, 4) is 0 Å². The molecular formula is C17H32IN3O3S2. The molecule has 3 heterocycles. The van der Waals surface area contributed by atoms with Gasteiger partial charge in [-0.25, -0.2) is 8.42 Å². The molecule has 26 heavy (non-hydrogen) atoms. The van der Waals surface area contributed by atoms with Crippen molar-refractivity contribution in [3.05, 3.63) is 0 Å². The third kappa shape index (κ3) is 7.01. The normalized spacial score (nSPS) is 32.2. The fraction of sp³-hybridized carbons (Fsp3) is 0.941. The number of hydrogen-bond acceptors (Lipinski definition) is 5. The third-order valence-electron chi connectivity index (χ3n) is 5.32. The molecule has 3 aliphatic rings. The van der Waals surface area contributed by atoms with Crippen LogP contribution >= 0.6 is 35.7 Å². The maximum absolute atomic E-state index is 11.7. The molecule has 2 atom stereocenters. The van der Waals surface area contributed by atoms with Crippen LogP contribution in [0, 0.1) is 5.92 Å².